The zero-order valence-corrected chi connectivity index (χ0v) is 19.3. The lowest BCUT2D eigenvalue weighted by Gasteiger charge is -2.26. The second-order valence-corrected chi connectivity index (χ2v) is 10.1. The quantitative estimate of drug-likeness (QED) is 0.430. The molecule has 1 atom stereocenters. The van der Waals surface area contributed by atoms with Crippen LogP contribution in [0, 0.1) is 0 Å². The molecule has 0 heterocycles. The maximum Gasteiger partial charge on any atom is 0.134 e. The molecule has 0 aliphatic rings. The van der Waals surface area contributed by atoms with Crippen molar-refractivity contribution in [3.05, 3.63) is 89.5 Å². The van der Waals surface area contributed by atoms with Crippen LogP contribution in [-0.2, 0) is 21.0 Å². The van der Waals surface area contributed by atoms with Gasteiger partial charge in [0.05, 0.1) is 12.0 Å². The van der Waals surface area contributed by atoms with E-state index < -0.39 is 5.41 Å². The molecule has 2 aromatic carbocycles. The van der Waals surface area contributed by atoms with Gasteiger partial charge in [0.1, 0.15) is 6.29 Å². The smallest absolute Gasteiger partial charge is 0.134 e. The highest BCUT2D eigenvalue weighted by Crippen LogP contribution is 2.32. The Balaban J connectivity index is 2.35. The van der Waals surface area contributed by atoms with E-state index in [-0.39, 0.29) is 17.4 Å². The van der Waals surface area contributed by atoms with Crippen LogP contribution in [0.5, 0.6) is 0 Å². The lowest BCUT2D eigenvalue weighted by molar-refractivity contribution is -0.111. The molecular formula is C28H36O2. The van der Waals surface area contributed by atoms with Gasteiger partial charge in [-0.15, -0.1) is 6.58 Å². The van der Waals surface area contributed by atoms with Gasteiger partial charge in [-0.3, -0.25) is 0 Å². The Morgan fingerprint density at radius 3 is 1.63 bits per heavy atom. The molecule has 0 amide bonds. The lowest BCUT2D eigenvalue weighted by atomic mass is 9.77. The van der Waals surface area contributed by atoms with Crippen molar-refractivity contribution >= 4 is 11.9 Å². The molecule has 0 fully saturated rings. The molecule has 160 valence electrons. The van der Waals surface area contributed by atoms with Crippen molar-refractivity contribution in [2.24, 2.45) is 0 Å². The van der Waals surface area contributed by atoms with Gasteiger partial charge in [-0.25, -0.2) is 0 Å². The van der Waals surface area contributed by atoms with Crippen LogP contribution in [0.25, 0.3) is 5.57 Å². The van der Waals surface area contributed by atoms with Crippen LogP contribution in [0.4, 0.5) is 0 Å². The second kappa shape index (κ2) is 9.14. The Labute approximate surface area is 182 Å². The number of allylic oxidation sites excluding steroid dienone is 2. The standard InChI is InChI=1S/C28H36O2/c1-8-28(20-30,25-15-13-24(14-16-25)27(5,6)7)18-17-22(19-29)21-9-11-23(12-10-21)26(2,3)4/h8-17,20,29H,1,18-19H2,2-7H3/b22-17+/t28-/m0/s1. The number of aliphatic hydroxyl groups is 1. The van der Waals surface area contributed by atoms with Gasteiger partial charge >= 0.3 is 0 Å². The molecule has 0 bridgehead atoms. The maximum absolute atomic E-state index is 12.2. The maximum atomic E-state index is 12.2. The van der Waals surface area contributed by atoms with Crippen molar-refractivity contribution in [2.75, 3.05) is 6.61 Å². The highest BCUT2D eigenvalue weighted by Gasteiger charge is 2.28. The average Bonchev–Trinajstić information content (AvgIpc) is 2.71. The van der Waals surface area contributed by atoms with Gasteiger partial charge in [-0.2, -0.15) is 0 Å². The first-order valence-electron chi connectivity index (χ1n) is 10.6. The molecule has 0 aliphatic heterocycles. The number of aliphatic hydroxyl groups excluding tert-OH is 1. The summed E-state index contributed by atoms with van der Waals surface area (Å²) in [4.78, 5) is 12.2. The van der Waals surface area contributed by atoms with Crippen LogP contribution in [0.2, 0.25) is 0 Å². The number of aldehydes is 1. The van der Waals surface area contributed by atoms with Gasteiger partial charge in [0.2, 0.25) is 0 Å². The summed E-state index contributed by atoms with van der Waals surface area (Å²) >= 11 is 0. The van der Waals surface area contributed by atoms with Crippen molar-refractivity contribution in [2.45, 2.75) is 64.2 Å². The van der Waals surface area contributed by atoms with E-state index in [1.165, 1.54) is 11.1 Å². The Kier molecular flexibility index (Phi) is 7.26. The van der Waals surface area contributed by atoms with E-state index in [1.807, 2.05) is 30.3 Å². The van der Waals surface area contributed by atoms with Crippen molar-refractivity contribution in [3.63, 3.8) is 0 Å². The summed E-state index contributed by atoms with van der Waals surface area (Å²) in [6.45, 7) is 16.9. The Bertz CT molecular complexity index is 878. The van der Waals surface area contributed by atoms with Crippen molar-refractivity contribution in [1.82, 2.24) is 0 Å². The average molecular weight is 405 g/mol. The van der Waals surface area contributed by atoms with E-state index in [9.17, 15) is 9.90 Å². The molecule has 30 heavy (non-hydrogen) atoms. The van der Waals surface area contributed by atoms with E-state index in [4.69, 9.17) is 0 Å². The first-order valence-corrected chi connectivity index (χ1v) is 10.6. The van der Waals surface area contributed by atoms with Gasteiger partial charge < -0.3 is 9.90 Å². The van der Waals surface area contributed by atoms with E-state index >= 15 is 0 Å². The molecule has 1 N–H and O–H groups in total. The van der Waals surface area contributed by atoms with Crippen LogP contribution < -0.4 is 0 Å². The number of carbonyl (C=O) groups is 1. The molecule has 0 aliphatic carbocycles. The SMILES string of the molecule is C=C[C@@](C=O)(C/C=C(\CO)c1ccc(C(C)(C)C)cc1)c1ccc(C(C)(C)C)cc1. The second-order valence-electron chi connectivity index (χ2n) is 10.1. The molecule has 0 saturated heterocycles. The molecule has 2 nitrogen and oxygen atoms in total. The Morgan fingerprint density at radius 2 is 1.27 bits per heavy atom. The summed E-state index contributed by atoms with van der Waals surface area (Å²) < 4.78 is 0. The molecule has 2 heteroatoms. The van der Waals surface area contributed by atoms with Crippen LogP contribution in [-0.4, -0.2) is 18.0 Å². The Morgan fingerprint density at radius 1 is 0.833 bits per heavy atom. The van der Waals surface area contributed by atoms with Gasteiger partial charge in [-0.05, 0) is 45.1 Å². The summed E-state index contributed by atoms with van der Waals surface area (Å²) in [7, 11) is 0. The molecule has 0 unspecified atom stereocenters. The van der Waals surface area contributed by atoms with Crippen LogP contribution >= 0.6 is 0 Å². The fourth-order valence-electron chi connectivity index (χ4n) is 3.51. The number of benzene rings is 2. The van der Waals surface area contributed by atoms with E-state index in [0.717, 1.165) is 23.0 Å². The summed E-state index contributed by atoms with van der Waals surface area (Å²) in [6.07, 6.45) is 5.08. The lowest BCUT2D eigenvalue weighted by Crippen LogP contribution is -2.25. The minimum Gasteiger partial charge on any atom is -0.392 e. The summed E-state index contributed by atoms with van der Waals surface area (Å²) in [5, 5.41) is 9.96. The predicted molar refractivity (Wildman–Crippen MR) is 128 cm³/mol. The topological polar surface area (TPSA) is 37.3 Å². The normalized spacial score (nSPS) is 14.8. The minimum absolute atomic E-state index is 0.0553. The number of rotatable bonds is 7. The van der Waals surface area contributed by atoms with E-state index in [2.05, 4.69) is 72.4 Å². The van der Waals surface area contributed by atoms with Crippen molar-refractivity contribution in [3.8, 4) is 0 Å². The van der Waals surface area contributed by atoms with Crippen LogP contribution in [0.3, 0.4) is 0 Å². The predicted octanol–water partition coefficient (Wildman–Crippen LogP) is 6.37. The van der Waals surface area contributed by atoms with Gasteiger partial charge in [0, 0.05) is 0 Å². The Hall–Kier alpha value is -2.45. The zero-order chi connectivity index (χ0) is 22.6. The van der Waals surface area contributed by atoms with Gasteiger partial charge in [0.25, 0.3) is 0 Å². The third-order valence-corrected chi connectivity index (χ3v) is 5.84. The summed E-state index contributed by atoms with van der Waals surface area (Å²) in [5.41, 5.74) is 4.49. The van der Waals surface area contributed by atoms with Crippen molar-refractivity contribution < 1.29 is 9.90 Å². The highest BCUT2D eigenvalue weighted by atomic mass is 16.3. The van der Waals surface area contributed by atoms with E-state index in [0.29, 0.717) is 6.42 Å². The molecular weight excluding hydrogens is 368 g/mol. The molecule has 0 aromatic heterocycles. The number of hydrogen-bond donors (Lipinski definition) is 1. The molecule has 0 radical (unpaired) electrons. The van der Waals surface area contributed by atoms with Crippen LogP contribution in [0.15, 0.2) is 67.3 Å². The highest BCUT2D eigenvalue weighted by molar-refractivity contribution is 5.74. The van der Waals surface area contributed by atoms with Crippen molar-refractivity contribution in [1.29, 1.82) is 0 Å². The first kappa shape index (κ1) is 23.8. The third kappa shape index (κ3) is 5.37. The number of carbonyl (C=O) groups excluding carboxylic acids is 1. The molecule has 2 rings (SSSR count). The monoisotopic (exact) mass is 404 g/mol. The largest absolute Gasteiger partial charge is 0.392 e. The first-order chi connectivity index (χ1) is 14.0. The molecule has 0 saturated carbocycles. The van der Waals surface area contributed by atoms with Crippen LogP contribution in [0.1, 0.15) is 70.2 Å². The zero-order valence-electron chi connectivity index (χ0n) is 19.3. The fraction of sp³-hybridized carbons (Fsp3) is 0.393. The molecule has 2 aromatic rings. The third-order valence-electron chi connectivity index (χ3n) is 5.84. The number of hydrogen-bond acceptors (Lipinski definition) is 2. The van der Waals surface area contributed by atoms with Gasteiger partial charge in [0.15, 0.2) is 0 Å². The summed E-state index contributed by atoms with van der Waals surface area (Å²) in [5.74, 6) is 0. The minimum atomic E-state index is -0.817. The van der Waals surface area contributed by atoms with E-state index in [1.54, 1.807) is 6.08 Å². The fourth-order valence-corrected chi connectivity index (χ4v) is 3.51. The molecule has 0 spiro atoms. The van der Waals surface area contributed by atoms with Gasteiger partial charge in [-0.1, -0.05) is 102 Å². The summed E-state index contributed by atoms with van der Waals surface area (Å²) in [6, 6.07) is 16.5.